The Morgan fingerprint density at radius 1 is 1.35 bits per heavy atom. The van der Waals surface area contributed by atoms with Crippen molar-refractivity contribution in [2.24, 2.45) is 5.92 Å². The second kappa shape index (κ2) is 6.43. The van der Waals surface area contributed by atoms with Gasteiger partial charge in [0.05, 0.1) is 6.61 Å². The Bertz CT molecular complexity index is 328. The van der Waals surface area contributed by atoms with E-state index in [9.17, 15) is 0 Å². The molecule has 2 atom stereocenters. The number of ether oxygens (including phenoxy) is 1. The van der Waals surface area contributed by atoms with E-state index in [4.69, 9.17) is 4.74 Å². The highest BCUT2D eigenvalue weighted by atomic mass is 32.2. The van der Waals surface area contributed by atoms with Gasteiger partial charge >= 0.3 is 0 Å². The molecule has 1 heterocycles. The van der Waals surface area contributed by atoms with Crippen LogP contribution in [0.25, 0.3) is 0 Å². The van der Waals surface area contributed by atoms with Gasteiger partial charge in [0.15, 0.2) is 0 Å². The van der Waals surface area contributed by atoms with E-state index in [1.807, 2.05) is 11.8 Å². The Kier molecular flexibility index (Phi) is 4.89. The number of nitrogens with one attached hydrogen (secondary N) is 1. The van der Waals surface area contributed by atoms with Gasteiger partial charge < -0.3 is 4.74 Å². The van der Waals surface area contributed by atoms with Crippen molar-refractivity contribution in [3.63, 3.8) is 0 Å². The number of benzene rings is 1. The molecule has 1 aromatic rings. The summed E-state index contributed by atoms with van der Waals surface area (Å²) >= 11 is 1.97. The SMILES string of the molecule is CC(C)C1NC(CSCc2ccccc2)CO1. The Morgan fingerprint density at radius 2 is 2.12 bits per heavy atom. The second-order valence-electron chi connectivity index (χ2n) is 4.86. The van der Waals surface area contributed by atoms with Crippen molar-refractivity contribution in [3.8, 4) is 0 Å². The minimum atomic E-state index is 0.248. The minimum absolute atomic E-state index is 0.248. The molecule has 0 bridgehead atoms. The molecule has 0 radical (unpaired) electrons. The number of rotatable bonds is 5. The molecule has 1 fully saturated rings. The van der Waals surface area contributed by atoms with Crippen LogP contribution in [0.4, 0.5) is 0 Å². The van der Waals surface area contributed by atoms with Gasteiger partial charge in [-0.15, -0.1) is 0 Å². The fraction of sp³-hybridized carbons (Fsp3) is 0.571. The van der Waals surface area contributed by atoms with Crippen molar-refractivity contribution in [3.05, 3.63) is 35.9 Å². The number of thioether (sulfide) groups is 1. The summed E-state index contributed by atoms with van der Waals surface area (Å²) in [6.45, 7) is 5.24. The van der Waals surface area contributed by atoms with Crippen LogP contribution in [-0.4, -0.2) is 24.6 Å². The highest BCUT2D eigenvalue weighted by Gasteiger charge is 2.26. The smallest absolute Gasteiger partial charge is 0.110 e. The average Bonchev–Trinajstić information content (AvgIpc) is 2.79. The molecule has 94 valence electrons. The van der Waals surface area contributed by atoms with Gasteiger partial charge in [-0.3, -0.25) is 5.32 Å². The topological polar surface area (TPSA) is 21.3 Å². The van der Waals surface area contributed by atoms with Gasteiger partial charge in [-0.1, -0.05) is 44.2 Å². The van der Waals surface area contributed by atoms with E-state index in [-0.39, 0.29) is 6.23 Å². The van der Waals surface area contributed by atoms with Gasteiger partial charge in [0, 0.05) is 17.5 Å². The van der Waals surface area contributed by atoms with Crippen LogP contribution in [0.2, 0.25) is 0 Å². The van der Waals surface area contributed by atoms with E-state index in [1.54, 1.807) is 0 Å². The standard InChI is InChI=1S/C14H21NOS/c1-11(2)14-15-13(8-16-14)10-17-9-12-6-4-3-5-7-12/h3-7,11,13-15H,8-10H2,1-2H3. The molecule has 1 aliphatic heterocycles. The first-order chi connectivity index (χ1) is 8.25. The lowest BCUT2D eigenvalue weighted by Crippen LogP contribution is -2.35. The predicted molar refractivity (Wildman–Crippen MR) is 74.1 cm³/mol. The Labute approximate surface area is 108 Å². The summed E-state index contributed by atoms with van der Waals surface area (Å²) in [7, 11) is 0. The van der Waals surface area contributed by atoms with Gasteiger partial charge in [0.2, 0.25) is 0 Å². The van der Waals surface area contributed by atoms with Crippen LogP contribution in [0.15, 0.2) is 30.3 Å². The van der Waals surface area contributed by atoms with E-state index < -0.39 is 0 Å². The lowest BCUT2D eigenvalue weighted by atomic mass is 10.2. The first-order valence-electron chi connectivity index (χ1n) is 6.25. The molecule has 0 saturated carbocycles. The summed E-state index contributed by atoms with van der Waals surface area (Å²) in [5.41, 5.74) is 1.40. The molecule has 0 aromatic heterocycles. The van der Waals surface area contributed by atoms with E-state index in [0.29, 0.717) is 12.0 Å². The van der Waals surface area contributed by atoms with Crippen LogP contribution in [0.1, 0.15) is 19.4 Å². The lowest BCUT2D eigenvalue weighted by molar-refractivity contribution is 0.0645. The Balaban J connectivity index is 1.67. The van der Waals surface area contributed by atoms with Crippen molar-refractivity contribution in [2.45, 2.75) is 31.9 Å². The maximum Gasteiger partial charge on any atom is 0.110 e. The fourth-order valence-corrected chi connectivity index (χ4v) is 2.95. The zero-order chi connectivity index (χ0) is 12.1. The van der Waals surface area contributed by atoms with Crippen LogP contribution in [-0.2, 0) is 10.5 Å². The van der Waals surface area contributed by atoms with Crippen LogP contribution in [0.3, 0.4) is 0 Å². The van der Waals surface area contributed by atoms with Gasteiger partial charge in [0.25, 0.3) is 0 Å². The summed E-state index contributed by atoms with van der Waals surface area (Å²) in [6, 6.07) is 11.1. The Morgan fingerprint density at radius 3 is 2.76 bits per heavy atom. The molecule has 1 N–H and O–H groups in total. The fourth-order valence-electron chi connectivity index (χ4n) is 1.92. The molecule has 1 saturated heterocycles. The van der Waals surface area contributed by atoms with Gasteiger partial charge in [-0.25, -0.2) is 0 Å². The lowest BCUT2D eigenvalue weighted by Gasteiger charge is -2.15. The summed E-state index contributed by atoms with van der Waals surface area (Å²) in [5, 5.41) is 3.53. The summed E-state index contributed by atoms with van der Waals surface area (Å²) in [5.74, 6) is 2.77. The normalized spacial score (nSPS) is 24.4. The van der Waals surface area contributed by atoms with E-state index in [1.165, 1.54) is 5.56 Å². The summed E-state index contributed by atoms with van der Waals surface area (Å²) in [4.78, 5) is 0. The Hall–Kier alpha value is -0.510. The van der Waals surface area contributed by atoms with Gasteiger partial charge in [0.1, 0.15) is 6.23 Å². The zero-order valence-electron chi connectivity index (χ0n) is 10.6. The molecule has 2 rings (SSSR count). The third-order valence-electron chi connectivity index (χ3n) is 2.91. The third-order valence-corrected chi connectivity index (χ3v) is 4.09. The van der Waals surface area contributed by atoms with Crippen LogP contribution < -0.4 is 5.32 Å². The van der Waals surface area contributed by atoms with Crippen molar-refractivity contribution in [1.29, 1.82) is 0 Å². The molecular formula is C14H21NOS. The zero-order valence-corrected chi connectivity index (χ0v) is 11.4. The van der Waals surface area contributed by atoms with Crippen LogP contribution >= 0.6 is 11.8 Å². The molecule has 0 spiro atoms. The van der Waals surface area contributed by atoms with Crippen molar-refractivity contribution in [2.75, 3.05) is 12.4 Å². The maximum atomic E-state index is 5.71. The number of hydrogen-bond donors (Lipinski definition) is 1. The summed E-state index contributed by atoms with van der Waals surface area (Å²) < 4.78 is 5.71. The quantitative estimate of drug-likeness (QED) is 0.869. The number of hydrogen-bond acceptors (Lipinski definition) is 3. The molecule has 2 unspecified atom stereocenters. The molecule has 1 aromatic carbocycles. The van der Waals surface area contributed by atoms with Crippen molar-refractivity contribution in [1.82, 2.24) is 5.32 Å². The minimum Gasteiger partial charge on any atom is -0.361 e. The van der Waals surface area contributed by atoms with Gasteiger partial charge in [-0.05, 0) is 11.5 Å². The van der Waals surface area contributed by atoms with Crippen LogP contribution in [0.5, 0.6) is 0 Å². The molecule has 17 heavy (non-hydrogen) atoms. The summed E-state index contributed by atoms with van der Waals surface area (Å²) in [6.07, 6.45) is 0.248. The molecule has 2 nitrogen and oxygen atoms in total. The molecule has 1 aliphatic rings. The van der Waals surface area contributed by atoms with E-state index in [0.717, 1.165) is 18.1 Å². The van der Waals surface area contributed by atoms with E-state index >= 15 is 0 Å². The predicted octanol–water partition coefficient (Wildman–Crippen LogP) is 2.89. The highest BCUT2D eigenvalue weighted by molar-refractivity contribution is 7.98. The molecule has 0 aliphatic carbocycles. The molecular weight excluding hydrogens is 230 g/mol. The molecule has 3 heteroatoms. The second-order valence-corrected chi connectivity index (χ2v) is 5.89. The monoisotopic (exact) mass is 251 g/mol. The first-order valence-corrected chi connectivity index (χ1v) is 7.40. The average molecular weight is 251 g/mol. The molecule has 0 amide bonds. The maximum absolute atomic E-state index is 5.71. The largest absolute Gasteiger partial charge is 0.361 e. The van der Waals surface area contributed by atoms with E-state index in [2.05, 4.69) is 49.5 Å². The van der Waals surface area contributed by atoms with Crippen molar-refractivity contribution < 1.29 is 4.74 Å². The third kappa shape index (κ3) is 4.02. The highest BCUT2D eigenvalue weighted by Crippen LogP contribution is 2.17. The van der Waals surface area contributed by atoms with Gasteiger partial charge in [-0.2, -0.15) is 11.8 Å². The van der Waals surface area contributed by atoms with Crippen molar-refractivity contribution >= 4 is 11.8 Å². The van der Waals surface area contributed by atoms with Crippen LogP contribution in [0, 0.1) is 5.92 Å². The first kappa shape index (κ1) is 12.9.